The second-order valence-corrected chi connectivity index (χ2v) is 6.28. The summed E-state index contributed by atoms with van der Waals surface area (Å²) in [5.74, 6) is 0.0719. The molecule has 30 heavy (non-hydrogen) atoms. The quantitative estimate of drug-likeness (QED) is 0.543. The molecule has 158 valence electrons. The summed E-state index contributed by atoms with van der Waals surface area (Å²) in [6.07, 6.45) is -2.36. The van der Waals surface area contributed by atoms with E-state index in [0.717, 1.165) is 12.3 Å². The first-order valence-electron chi connectivity index (χ1n) is 8.46. The van der Waals surface area contributed by atoms with E-state index >= 15 is 0 Å². The third kappa shape index (κ3) is 4.95. The molecule has 0 fully saturated rings. The van der Waals surface area contributed by atoms with Gasteiger partial charge in [0.15, 0.2) is 0 Å². The Kier molecular flexibility index (Phi) is 6.35. The summed E-state index contributed by atoms with van der Waals surface area (Å²) in [5.41, 5.74) is -0.201. The second kappa shape index (κ2) is 8.95. The minimum Gasteiger partial charge on any atom is -0.496 e. The molecular formula is C17H15ClF3N7O2. The van der Waals surface area contributed by atoms with E-state index in [0.29, 0.717) is 5.69 Å². The fraction of sp³-hybridized carbons (Fsp3) is 0.235. The number of nitrogens with one attached hydrogen (secondary N) is 2. The van der Waals surface area contributed by atoms with Gasteiger partial charge in [0.2, 0.25) is 0 Å². The highest BCUT2D eigenvalue weighted by Crippen LogP contribution is 2.30. The smallest absolute Gasteiger partial charge is 0.417 e. The lowest BCUT2D eigenvalue weighted by atomic mass is 10.1. The summed E-state index contributed by atoms with van der Waals surface area (Å²) in [6, 6.07) is 5.09. The van der Waals surface area contributed by atoms with E-state index < -0.39 is 17.6 Å². The van der Waals surface area contributed by atoms with Crippen LogP contribution in [-0.4, -0.2) is 51.3 Å². The molecular weight excluding hydrogens is 427 g/mol. The maximum Gasteiger partial charge on any atom is 0.417 e. The van der Waals surface area contributed by atoms with Crippen molar-refractivity contribution in [3.63, 3.8) is 0 Å². The molecule has 0 aliphatic rings. The van der Waals surface area contributed by atoms with Gasteiger partial charge in [-0.2, -0.15) is 17.9 Å². The summed E-state index contributed by atoms with van der Waals surface area (Å²) >= 11 is 6.23. The normalized spacial score (nSPS) is 11.2. The average Bonchev–Trinajstić information content (AvgIpc) is 3.25. The predicted molar refractivity (Wildman–Crippen MR) is 101 cm³/mol. The molecule has 0 saturated carbocycles. The highest BCUT2D eigenvalue weighted by atomic mass is 35.5. The number of amides is 1. The van der Waals surface area contributed by atoms with E-state index in [4.69, 9.17) is 16.3 Å². The lowest BCUT2D eigenvalue weighted by molar-refractivity contribution is -0.137. The van der Waals surface area contributed by atoms with Crippen molar-refractivity contribution in [1.82, 2.24) is 30.5 Å². The number of rotatable bonds is 7. The summed E-state index contributed by atoms with van der Waals surface area (Å²) in [4.78, 5) is 16.2. The van der Waals surface area contributed by atoms with Gasteiger partial charge in [0.25, 0.3) is 5.91 Å². The van der Waals surface area contributed by atoms with E-state index in [-0.39, 0.29) is 35.2 Å². The monoisotopic (exact) mass is 441 g/mol. The fourth-order valence-corrected chi connectivity index (χ4v) is 2.71. The maximum atomic E-state index is 12.5. The molecule has 2 heterocycles. The van der Waals surface area contributed by atoms with Gasteiger partial charge >= 0.3 is 6.18 Å². The number of nitrogens with zero attached hydrogens (tertiary/aromatic N) is 5. The Morgan fingerprint density at radius 3 is 2.67 bits per heavy atom. The Morgan fingerprint density at radius 1 is 1.27 bits per heavy atom. The highest BCUT2D eigenvalue weighted by Gasteiger charge is 2.30. The van der Waals surface area contributed by atoms with Crippen LogP contribution < -0.4 is 15.4 Å². The van der Waals surface area contributed by atoms with Gasteiger partial charge in [0, 0.05) is 25.4 Å². The molecule has 9 nitrogen and oxygen atoms in total. The fourth-order valence-electron chi connectivity index (χ4n) is 2.46. The molecule has 1 amide bonds. The molecule has 0 atom stereocenters. The van der Waals surface area contributed by atoms with Gasteiger partial charge in [0.05, 0.1) is 28.9 Å². The van der Waals surface area contributed by atoms with E-state index in [1.165, 1.54) is 36.3 Å². The number of alkyl halides is 3. The molecule has 3 aromatic rings. The number of anilines is 1. The Balaban J connectivity index is 1.59. The summed E-state index contributed by atoms with van der Waals surface area (Å²) in [6.45, 7) is 0.417. The van der Waals surface area contributed by atoms with Crippen molar-refractivity contribution >= 4 is 23.3 Å². The molecule has 3 rings (SSSR count). The number of benzene rings is 1. The predicted octanol–water partition coefficient (Wildman–Crippen LogP) is 2.58. The number of hydrogen-bond donors (Lipinski definition) is 2. The maximum absolute atomic E-state index is 12.5. The lowest BCUT2D eigenvalue weighted by Crippen LogP contribution is -2.29. The number of hydrogen-bond acceptors (Lipinski definition) is 7. The zero-order valence-corrected chi connectivity index (χ0v) is 16.2. The molecule has 13 heteroatoms. The SMILES string of the molecule is COc1cc(-n2cnnn2)c(Cl)cc1C(=O)NCCNc1ccc(C(F)(F)F)cn1. The summed E-state index contributed by atoms with van der Waals surface area (Å²) in [5, 5.41) is 16.5. The molecule has 1 aromatic carbocycles. The second-order valence-electron chi connectivity index (χ2n) is 5.87. The molecule has 0 aliphatic carbocycles. The van der Waals surface area contributed by atoms with Crippen LogP contribution in [0.5, 0.6) is 5.75 Å². The van der Waals surface area contributed by atoms with Crippen LogP contribution >= 0.6 is 11.6 Å². The summed E-state index contributed by atoms with van der Waals surface area (Å²) < 4.78 is 44.2. The zero-order valence-electron chi connectivity index (χ0n) is 15.4. The molecule has 0 saturated heterocycles. The van der Waals surface area contributed by atoms with Crippen molar-refractivity contribution in [2.75, 3.05) is 25.5 Å². The van der Waals surface area contributed by atoms with Crippen molar-refractivity contribution in [3.05, 3.63) is 52.9 Å². The minimum absolute atomic E-state index is 0.178. The topological polar surface area (TPSA) is 107 Å². The third-order valence-corrected chi connectivity index (χ3v) is 4.22. The molecule has 0 aliphatic heterocycles. The average molecular weight is 442 g/mol. The van der Waals surface area contributed by atoms with Crippen LogP contribution in [0.15, 0.2) is 36.8 Å². The first kappa shape index (κ1) is 21.3. The van der Waals surface area contributed by atoms with Crippen molar-refractivity contribution < 1.29 is 22.7 Å². The van der Waals surface area contributed by atoms with E-state index in [1.807, 2.05) is 0 Å². The van der Waals surface area contributed by atoms with Crippen LogP contribution in [0.25, 0.3) is 5.69 Å². The first-order chi connectivity index (χ1) is 14.3. The van der Waals surface area contributed by atoms with Crippen LogP contribution in [0.1, 0.15) is 15.9 Å². The number of halogens is 4. The Labute approximate surface area is 173 Å². The summed E-state index contributed by atoms with van der Waals surface area (Å²) in [7, 11) is 1.40. The molecule has 0 bridgehead atoms. The van der Waals surface area contributed by atoms with Gasteiger partial charge in [-0.05, 0) is 28.6 Å². The number of aromatic nitrogens is 5. The Hall–Kier alpha value is -3.41. The lowest BCUT2D eigenvalue weighted by Gasteiger charge is -2.13. The van der Waals surface area contributed by atoms with Crippen LogP contribution in [-0.2, 0) is 6.18 Å². The van der Waals surface area contributed by atoms with Crippen LogP contribution in [0.2, 0.25) is 5.02 Å². The molecule has 0 unspecified atom stereocenters. The molecule has 0 spiro atoms. The minimum atomic E-state index is -4.44. The Bertz CT molecular complexity index is 1010. The van der Waals surface area contributed by atoms with Crippen LogP contribution in [0.4, 0.5) is 19.0 Å². The van der Waals surface area contributed by atoms with Crippen LogP contribution in [0.3, 0.4) is 0 Å². The molecule has 0 radical (unpaired) electrons. The number of carbonyl (C=O) groups excluding carboxylic acids is 1. The first-order valence-corrected chi connectivity index (χ1v) is 8.83. The van der Waals surface area contributed by atoms with E-state index in [9.17, 15) is 18.0 Å². The van der Waals surface area contributed by atoms with E-state index in [2.05, 4.69) is 31.1 Å². The van der Waals surface area contributed by atoms with Gasteiger partial charge in [-0.25, -0.2) is 4.98 Å². The number of methoxy groups -OCH3 is 1. The van der Waals surface area contributed by atoms with Gasteiger partial charge in [-0.15, -0.1) is 5.10 Å². The number of ether oxygens (including phenoxy) is 1. The van der Waals surface area contributed by atoms with Crippen molar-refractivity contribution in [3.8, 4) is 11.4 Å². The van der Waals surface area contributed by atoms with Gasteiger partial charge < -0.3 is 15.4 Å². The van der Waals surface area contributed by atoms with Crippen molar-refractivity contribution in [2.45, 2.75) is 6.18 Å². The number of pyridine rings is 1. The van der Waals surface area contributed by atoms with Crippen molar-refractivity contribution in [2.24, 2.45) is 0 Å². The standard InChI is InChI=1S/C17H15ClF3N7O2/c1-30-14-7-13(28-9-25-26-27-28)12(18)6-11(14)16(29)23-5-4-22-15-3-2-10(8-24-15)17(19,20)21/h2-3,6-9H,4-5H2,1H3,(H,22,24)(H,23,29). The highest BCUT2D eigenvalue weighted by molar-refractivity contribution is 6.33. The molecule has 2 N–H and O–H groups in total. The number of tetrazole rings is 1. The third-order valence-electron chi connectivity index (χ3n) is 3.92. The van der Waals surface area contributed by atoms with Crippen molar-refractivity contribution in [1.29, 1.82) is 0 Å². The largest absolute Gasteiger partial charge is 0.496 e. The van der Waals surface area contributed by atoms with Gasteiger partial charge in [-0.1, -0.05) is 11.6 Å². The van der Waals surface area contributed by atoms with Crippen LogP contribution in [0, 0.1) is 0 Å². The zero-order chi connectivity index (χ0) is 21.7. The van der Waals surface area contributed by atoms with Gasteiger partial charge in [-0.3, -0.25) is 4.79 Å². The Morgan fingerprint density at radius 2 is 2.07 bits per heavy atom. The van der Waals surface area contributed by atoms with E-state index in [1.54, 1.807) is 0 Å². The number of carbonyl (C=O) groups is 1. The van der Waals surface area contributed by atoms with Gasteiger partial charge in [0.1, 0.15) is 17.9 Å². The molecule has 2 aromatic heterocycles.